The molecule has 21 heavy (non-hydrogen) atoms. The van der Waals surface area contributed by atoms with Gasteiger partial charge in [-0.15, -0.1) is 0 Å². The van der Waals surface area contributed by atoms with Crippen LogP contribution in [-0.4, -0.2) is 38.4 Å². The van der Waals surface area contributed by atoms with Crippen LogP contribution in [0, 0.1) is 5.92 Å². The van der Waals surface area contributed by atoms with Crippen molar-refractivity contribution in [1.82, 2.24) is 9.62 Å². The van der Waals surface area contributed by atoms with E-state index in [2.05, 4.69) is 5.32 Å². The number of fused-ring (bicyclic) bond motifs is 1. The van der Waals surface area contributed by atoms with Gasteiger partial charge in [-0.25, -0.2) is 8.42 Å². The van der Waals surface area contributed by atoms with Crippen molar-refractivity contribution in [2.24, 2.45) is 5.92 Å². The summed E-state index contributed by atoms with van der Waals surface area (Å²) in [4.78, 5) is 0. The summed E-state index contributed by atoms with van der Waals surface area (Å²) in [5.41, 5.74) is 0.882. The van der Waals surface area contributed by atoms with Crippen molar-refractivity contribution >= 4 is 10.0 Å². The first kappa shape index (κ1) is 15.0. The Labute approximate surface area is 127 Å². The first-order valence-corrected chi connectivity index (χ1v) is 9.52. The summed E-state index contributed by atoms with van der Waals surface area (Å²) in [6.07, 6.45) is 4.22. The van der Waals surface area contributed by atoms with E-state index in [1.54, 1.807) is 0 Å². The SMILES string of the molecule is O=S(=O)(Cc1ccccc1)N1CCCC[C@H]2CNCC[C@H]21. The Bertz CT molecular complexity index is 559. The number of hydrogen-bond acceptors (Lipinski definition) is 3. The summed E-state index contributed by atoms with van der Waals surface area (Å²) in [5.74, 6) is 0.608. The van der Waals surface area contributed by atoms with Gasteiger partial charge in [-0.3, -0.25) is 0 Å². The van der Waals surface area contributed by atoms with E-state index in [9.17, 15) is 8.42 Å². The molecule has 4 nitrogen and oxygen atoms in total. The molecule has 3 rings (SSSR count). The average molecular weight is 308 g/mol. The minimum atomic E-state index is -3.22. The van der Waals surface area contributed by atoms with E-state index in [1.165, 1.54) is 0 Å². The first-order valence-electron chi connectivity index (χ1n) is 7.91. The maximum atomic E-state index is 12.9. The van der Waals surface area contributed by atoms with Gasteiger partial charge < -0.3 is 5.32 Å². The van der Waals surface area contributed by atoms with E-state index in [4.69, 9.17) is 0 Å². The molecule has 5 heteroatoms. The van der Waals surface area contributed by atoms with Gasteiger partial charge in [-0.1, -0.05) is 36.8 Å². The standard InChI is InChI=1S/C16H24N2O2S/c19-21(20,13-14-6-2-1-3-7-14)18-11-5-4-8-15-12-17-10-9-16(15)18/h1-3,6-7,15-17H,4-5,8-13H2/t15-,16+/m0/s1. The van der Waals surface area contributed by atoms with Crippen LogP contribution in [-0.2, 0) is 15.8 Å². The van der Waals surface area contributed by atoms with E-state index < -0.39 is 10.0 Å². The number of hydrogen-bond donors (Lipinski definition) is 1. The lowest BCUT2D eigenvalue weighted by Gasteiger charge is -2.37. The van der Waals surface area contributed by atoms with Crippen molar-refractivity contribution in [3.05, 3.63) is 35.9 Å². The largest absolute Gasteiger partial charge is 0.316 e. The molecule has 2 aliphatic heterocycles. The molecule has 1 aromatic carbocycles. The van der Waals surface area contributed by atoms with E-state index in [1.807, 2.05) is 34.6 Å². The fraction of sp³-hybridized carbons (Fsp3) is 0.625. The molecule has 0 aliphatic carbocycles. The zero-order valence-corrected chi connectivity index (χ0v) is 13.2. The number of sulfonamides is 1. The molecule has 2 atom stereocenters. The zero-order valence-electron chi connectivity index (χ0n) is 12.4. The third kappa shape index (κ3) is 3.47. The molecule has 1 aromatic rings. The van der Waals surface area contributed by atoms with Crippen LogP contribution in [0.1, 0.15) is 31.2 Å². The fourth-order valence-corrected chi connectivity index (χ4v) is 5.51. The van der Waals surface area contributed by atoms with Crippen LogP contribution >= 0.6 is 0 Å². The second-order valence-electron chi connectivity index (χ2n) is 6.17. The lowest BCUT2D eigenvalue weighted by Crippen LogP contribution is -2.51. The Kier molecular flexibility index (Phi) is 4.62. The molecule has 0 saturated carbocycles. The van der Waals surface area contributed by atoms with Crippen molar-refractivity contribution in [2.45, 2.75) is 37.5 Å². The molecule has 2 saturated heterocycles. The highest BCUT2D eigenvalue weighted by Crippen LogP contribution is 2.30. The molecule has 0 amide bonds. The van der Waals surface area contributed by atoms with Gasteiger partial charge in [-0.2, -0.15) is 4.31 Å². The third-order valence-corrected chi connectivity index (χ3v) is 6.56. The van der Waals surface area contributed by atoms with Gasteiger partial charge in [0.05, 0.1) is 5.75 Å². The fourth-order valence-electron chi connectivity index (χ4n) is 3.64. The smallest absolute Gasteiger partial charge is 0.218 e. The van der Waals surface area contributed by atoms with Crippen molar-refractivity contribution in [3.63, 3.8) is 0 Å². The van der Waals surface area contributed by atoms with Gasteiger partial charge in [0.1, 0.15) is 0 Å². The molecule has 116 valence electrons. The van der Waals surface area contributed by atoms with Crippen LogP contribution in [0.25, 0.3) is 0 Å². The van der Waals surface area contributed by atoms with Gasteiger partial charge >= 0.3 is 0 Å². The van der Waals surface area contributed by atoms with Crippen LogP contribution in [0.5, 0.6) is 0 Å². The molecular formula is C16H24N2O2S. The predicted molar refractivity (Wildman–Crippen MR) is 84.4 cm³/mol. The minimum Gasteiger partial charge on any atom is -0.316 e. The van der Waals surface area contributed by atoms with Crippen molar-refractivity contribution in [2.75, 3.05) is 19.6 Å². The molecule has 2 heterocycles. The highest BCUT2D eigenvalue weighted by atomic mass is 32.2. The van der Waals surface area contributed by atoms with Crippen molar-refractivity contribution < 1.29 is 8.42 Å². The second kappa shape index (κ2) is 6.46. The van der Waals surface area contributed by atoms with Gasteiger partial charge in [0.25, 0.3) is 0 Å². The summed E-state index contributed by atoms with van der Waals surface area (Å²) in [7, 11) is -3.22. The molecule has 2 aliphatic rings. The summed E-state index contributed by atoms with van der Waals surface area (Å²) in [5, 5.41) is 3.41. The summed E-state index contributed by atoms with van der Waals surface area (Å²) in [6.45, 7) is 2.58. The first-order chi connectivity index (χ1) is 10.2. The van der Waals surface area contributed by atoms with Gasteiger partial charge in [0.15, 0.2) is 0 Å². The average Bonchev–Trinajstić information content (AvgIpc) is 2.70. The molecule has 1 N–H and O–H groups in total. The quantitative estimate of drug-likeness (QED) is 0.929. The molecule has 0 bridgehead atoms. The monoisotopic (exact) mass is 308 g/mol. The van der Waals surface area contributed by atoms with Gasteiger partial charge in [0.2, 0.25) is 10.0 Å². The number of rotatable bonds is 3. The second-order valence-corrected chi connectivity index (χ2v) is 8.09. The van der Waals surface area contributed by atoms with Crippen molar-refractivity contribution in [1.29, 1.82) is 0 Å². The maximum absolute atomic E-state index is 12.9. The van der Waals surface area contributed by atoms with Crippen LogP contribution in [0.15, 0.2) is 30.3 Å². The molecular weight excluding hydrogens is 284 g/mol. The van der Waals surface area contributed by atoms with E-state index in [-0.39, 0.29) is 11.8 Å². The Hall–Kier alpha value is -0.910. The van der Waals surface area contributed by atoms with E-state index in [0.717, 1.165) is 44.3 Å². The lowest BCUT2D eigenvalue weighted by atomic mass is 9.90. The number of nitrogens with zero attached hydrogens (tertiary/aromatic N) is 1. The predicted octanol–water partition coefficient (Wildman–Crippen LogP) is 1.98. The lowest BCUT2D eigenvalue weighted by molar-refractivity contribution is 0.203. The minimum absolute atomic E-state index is 0.129. The Morgan fingerprint density at radius 1 is 1.14 bits per heavy atom. The Morgan fingerprint density at radius 2 is 1.95 bits per heavy atom. The number of benzene rings is 1. The van der Waals surface area contributed by atoms with E-state index >= 15 is 0 Å². The Balaban J connectivity index is 1.82. The van der Waals surface area contributed by atoms with Crippen molar-refractivity contribution in [3.8, 4) is 0 Å². The third-order valence-electron chi connectivity index (χ3n) is 4.69. The van der Waals surface area contributed by atoms with Crippen LogP contribution < -0.4 is 5.32 Å². The molecule has 0 spiro atoms. The van der Waals surface area contributed by atoms with E-state index in [0.29, 0.717) is 12.5 Å². The maximum Gasteiger partial charge on any atom is 0.218 e. The number of nitrogens with one attached hydrogen (secondary N) is 1. The summed E-state index contributed by atoms with van der Waals surface area (Å²) < 4.78 is 27.6. The van der Waals surface area contributed by atoms with Gasteiger partial charge in [-0.05, 0) is 43.8 Å². The Morgan fingerprint density at radius 3 is 2.76 bits per heavy atom. The van der Waals surface area contributed by atoms with Crippen LogP contribution in [0.3, 0.4) is 0 Å². The molecule has 0 aromatic heterocycles. The van der Waals surface area contributed by atoms with Crippen LogP contribution in [0.2, 0.25) is 0 Å². The highest BCUT2D eigenvalue weighted by Gasteiger charge is 2.37. The normalized spacial score (nSPS) is 27.8. The van der Waals surface area contributed by atoms with Gasteiger partial charge in [0, 0.05) is 12.6 Å². The molecule has 2 fully saturated rings. The van der Waals surface area contributed by atoms with Crippen LogP contribution in [0.4, 0.5) is 0 Å². The molecule has 0 unspecified atom stereocenters. The summed E-state index contributed by atoms with van der Waals surface area (Å²) in [6, 6.07) is 9.72. The topological polar surface area (TPSA) is 49.4 Å². The highest BCUT2D eigenvalue weighted by molar-refractivity contribution is 7.88. The number of piperidine rings is 1. The summed E-state index contributed by atoms with van der Waals surface area (Å²) >= 11 is 0. The zero-order chi connectivity index (χ0) is 14.7. The molecule has 0 radical (unpaired) electrons.